The molecule has 1 fully saturated rings. The van der Waals surface area contributed by atoms with E-state index in [1.165, 1.54) is 0 Å². The highest BCUT2D eigenvalue weighted by molar-refractivity contribution is 5.79. The van der Waals surface area contributed by atoms with Crippen molar-refractivity contribution in [3.63, 3.8) is 0 Å². The topological polar surface area (TPSA) is 61.4 Å². The van der Waals surface area contributed by atoms with E-state index in [9.17, 15) is 8.78 Å². The molecule has 170 valence electrons. The number of halogens is 2. The summed E-state index contributed by atoms with van der Waals surface area (Å²) in [5.74, 6) is 1.43. The highest BCUT2D eigenvalue weighted by atomic mass is 19.3. The Morgan fingerprint density at radius 1 is 1.20 bits per heavy atom. The van der Waals surface area contributed by atoms with Crippen LogP contribution in [0, 0.1) is 5.92 Å². The van der Waals surface area contributed by atoms with E-state index in [0.717, 1.165) is 39.3 Å². The van der Waals surface area contributed by atoms with Gasteiger partial charge in [0.25, 0.3) is 0 Å². The molecule has 30 heavy (non-hydrogen) atoms. The van der Waals surface area contributed by atoms with Crippen LogP contribution in [0.25, 0.3) is 0 Å². The van der Waals surface area contributed by atoms with Gasteiger partial charge in [0.1, 0.15) is 0 Å². The lowest BCUT2D eigenvalue weighted by molar-refractivity contribution is -0.0520. The summed E-state index contributed by atoms with van der Waals surface area (Å²) in [5.41, 5.74) is 0.578. The van der Waals surface area contributed by atoms with Crippen molar-refractivity contribution in [3.8, 4) is 11.5 Å². The fraction of sp³-hybridized carbons (Fsp3) is 0.667. The maximum absolute atomic E-state index is 12.9. The van der Waals surface area contributed by atoms with Crippen molar-refractivity contribution >= 4 is 5.96 Å². The first-order chi connectivity index (χ1) is 14.4. The van der Waals surface area contributed by atoms with Crippen LogP contribution >= 0.6 is 0 Å². The Morgan fingerprint density at radius 3 is 2.57 bits per heavy atom. The molecule has 0 amide bonds. The summed E-state index contributed by atoms with van der Waals surface area (Å²) in [7, 11) is 3.84. The van der Waals surface area contributed by atoms with E-state index in [1.807, 2.05) is 0 Å². The summed E-state index contributed by atoms with van der Waals surface area (Å²) in [5, 5.41) is 6.49. The van der Waals surface area contributed by atoms with Crippen LogP contribution in [-0.2, 0) is 6.54 Å². The molecular weight excluding hydrogens is 392 g/mol. The summed E-state index contributed by atoms with van der Waals surface area (Å²) in [6.07, 6.45) is 0. The molecule has 0 bridgehead atoms. The zero-order chi connectivity index (χ0) is 21.9. The van der Waals surface area contributed by atoms with Gasteiger partial charge in [-0.2, -0.15) is 8.78 Å². The number of alkyl halides is 2. The van der Waals surface area contributed by atoms with Crippen molar-refractivity contribution in [2.75, 3.05) is 60.0 Å². The van der Waals surface area contributed by atoms with Crippen LogP contribution in [0.3, 0.4) is 0 Å². The lowest BCUT2D eigenvalue weighted by Gasteiger charge is -2.34. The number of para-hydroxylation sites is 1. The van der Waals surface area contributed by atoms with Crippen LogP contribution in [-0.4, -0.2) is 82.3 Å². The summed E-state index contributed by atoms with van der Waals surface area (Å²) >= 11 is 0. The number of benzene rings is 1. The lowest BCUT2D eigenvalue weighted by Crippen LogP contribution is -2.47. The molecule has 2 rings (SSSR count). The number of ether oxygens (including phenoxy) is 2. The highest BCUT2D eigenvalue weighted by Gasteiger charge is 2.17. The van der Waals surface area contributed by atoms with Crippen LogP contribution in [0.1, 0.15) is 19.4 Å². The Hall–Kier alpha value is -2.13. The minimum absolute atomic E-state index is 0.0562. The van der Waals surface area contributed by atoms with Gasteiger partial charge in [-0.3, -0.25) is 4.99 Å². The predicted octanol–water partition coefficient (Wildman–Crippen LogP) is 2.24. The van der Waals surface area contributed by atoms with Crippen molar-refractivity contribution in [1.82, 2.24) is 20.4 Å². The smallest absolute Gasteiger partial charge is 0.387 e. The maximum Gasteiger partial charge on any atom is 0.387 e. The van der Waals surface area contributed by atoms with Crippen molar-refractivity contribution in [3.05, 3.63) is 23.8 Å². The van der Waals surface area contributed by atoms with Crippen LogP contribution in [0.15, 0.2) is 23.2 Å². The Balaban J connectivity index is 1.87. The minimum atomic E-state index is -2.92. The molecule has 1 aromatic carbocycles. The Morgan fingerprint density at radius 2 is 1.93 bits per heavy atom. The molecule has 0 radical (unpaired) electrons. The summed E-state index contributed by atoms with van der Waals surface area (Å²) in [4.78, 5) is 9.06. The van der Waals surface area contributed by atoms with Gasteiger partial charge in [-0.05, 0) is 26.0 Å². The molecule has 2 N–H and O–H groups in total. The molecule has 0 saturated carbocycles. The van der Waals surface area contributed by atoms with Gasteiger partial charge in [-0.15, -0.1) is 0 Å². The third-order valence-electron chi connectivity index (χ3n) is 5.02. The molecule has 0 aromatic heterocycles. The molecule has 1 unspecified atom stereocenters. The van der Waals surface area contributed by atoms with Gasteiger partial charge in [0.2, 0.25) is 0 Å². The number of likely N-dealkylation sites (N-methyl/N-ethyl adjacent to an activating group) is 1. The lowest BCUT2D eigenvalue weighted by atomic mass is 10.1. The summed E-state index contributed by atoms with van der Waals surface area (Å²) in [6.45, 7) is 7.93. The largest absolute Gasteiger partial charge is 0.490 e. The second kappa shape index (κ2) is 12.5. The van der Waals surface area contributed by atoms with Gasteiger partial charge < -0.3 is 29.9 Å². The number of rotatable bonds is 10. The molecule has 1 aliphatic rings. The van der Waals surface area contributed by atoms with Crippen LogP contribution in [0.5, 0.6) is 11.5 Å². The van der Waals surface area contributed by atoms with Gasteiger partial charge in [0, 0.05) is 58.4 Å². The third kappa shape index (κ3) is 7.95. The van der Waals surface area contributed by atoms with E-state index in [1.54, 1.807) is 32.2 Å². The molecule has 1 atom stereocenters. The molecule has 1 aliphatic heterocycles. The molecule has 7 nitrogen and oxygen atoms in total. The fourth-order valence-electron chi connectivity index (χ4n) is 3.40. The van der Waals surface area contributed by atoms with Crippen molar-refractivity contribution in [2.24, 2.45) is 10.9 Å². The van der Waals surface area contributed by atoms with E-state index >= 15 is 0 Å². The van der Waals surface area contributed by atoms with Crippen LogP contribution in [0.2, 0.25) is 0 Å². The standard InChI is InChI=1S/C21H35F2N5O2/c1-5-29-18-8-6-7-17(19(18)30-20(22)23)14-26-21(24-3)25-13-16(2)15-28-11-9-27(4)10-12-28/h6-8,16,20H,5,9-15H2,1-4H3,(H2,24,25,26). The molecule has 1 saturated heterocycles. The molecule has 0 aliphatic carbocycles. The van der Waals surface area contributed by atoms with Gasteiger partial charge >= 0.3 is 6.61 Å². The first-order valence-corrected chi connectivity index (χ1v) is 10.5. The quantitative estimate of drug-likeness (QED) is 0.441. The van der Waals surface area contributed by atoms with E-state index in [2.05, 4.69) is 39.4 Å². The van der Waals surface area contributed by atoms with E-state index < -0.39 is 6.61 Å². The van der Waals surface area contributed by atoms with E-state index in [4.69, 9.17) is 9.47 Å². The Bertz CT molecular complexity index is 667. The number of guanidine groups is 1. The minimum Gasteiger partial charge on any atom is -0.490 e. The Kier molecular flexibility index (Phi) is 10.1. The summed E-state index contributed by atoms with van der Waals surface area (Å²) < 4.78 is 35.9. The first-order valence-electron chi connectivity index (χ1n) is 10.5. The number of nitrogens with one attached hydrogen (secondary N) is 2. The monoisotopic (exact) mass is 427 g/mol. The molecule has 1 heterocycles. The van der Waals surface area contributed by atoms with Gasteiger partial charge in [0.15, 0.2) is 17.5 Å². The fourth-order valence-corrected chi connectivity index (χ4v) is 3.40. The molecular formula is C21H35F2N5O2. The SMILES string of the molecule is CCOc1cccc(CNC(=NC)NCC(C)CN2CCN(C)CC2)c1OC(F)F. The van der Waals surface area contributed by atoms with Gasteiger partial charge in [-0.25, -0.2) is 0 Å². The average molecular weight is 428 g/mol. The molecule has 0 spiro atoms. The van der Waals surface area contributed by atoms with E-state index in [-0.39, 0.29) is 12.3 Å². The van der Waals surface area contributed by atoms with Crippen LogP contribution in [0.4, 0.5) is 8.78 Å². The Labute approximate surface area is 178 Å². The van der Waals surface area contributed by atoms with Crippen molar-refractivity contribution in [1.29, 1.82) is 0 Å². The first kappa shape index (κ1) is 24.1. The number of nitrogens with zero attached hydrogens (tertiary/aromatic N) is 3. The highest BCUT2D eigenvalue weighted by Crippen LogP contribution is 2.32. The van der Waals surface area contributed by atoms with E-state index in [0.29, 0.717) is 29.8 Å². The third-order valence-corrected chi connectivity index (χ3v) is 5.02. The number of hydrogen-bond acceptors (Lipinski definition) is 5. The van der Waals surface area contributed by atoms with Crippen molar-refractivity contribution < 1.29 is 18.3 Å². The molecule has 9 heteroatoms. The predicted molar refractivity (Wildman–Crippen MR) is 116 cm³/mol. The number of piperazine rings is 1. The number of aliphatic imine (C=N–C) groups is 1. The van der Waals surface area contributed by atoms with Gasteiger partial charge in [0.05, 0.1) is 6.61 Å². The number of hydrogen-bond donors (Lipinski definition) is 2. The second-order valence-electron chi connectivity index (χ2n) is 7.57. The molecule has 1 aromatic rings. The zero-order valence-electron chi connectivity index (χ0n) is 18.5. The second-order valence-corrected chi connectivity index (χ2v) is 7.57. The summed E-state index contributed by atoms with van der Waals surface area (Å²) in [6, 6.07) is 5.11. The normalized spacial score (nSPS) is 17.1. The average Bonchev–Trinajstić information content (AvgIpc) is 2.71. The maximum atomic E-state index is 12.9. The van der Waals surface area contributed by atoms with Crippen molar-refractivity contribution in [2.45, 2.75) is 27.0 Å². The van der Waals surface area contributed by atoms with Gasteiger partial charge in [-0.1, -0.05) is 19.1 Å². The van der Waals surface area contributed by atoms with Crippen LogP contribution < -0.4 is 20.1 Å². The zero-order valence-corrected chi connectivity index (χ0v) is 18.5.